The predicted molar refractivity (Wildman–Crippen MR) is 93.6 cm³/mol. The number of carbonyl (C=O) groups is 1. The van der Waals surface area contributed by atoms with Crippen LogP contribution in [-0.4, -0.2) is 25.5 Å². The van der Waals surface area contributed by atoms with Crippen molar-refractivity contribution in [2.24, 2.45) is 11.3 Å². The third-order valence-electron chi connectivity index (χ3n) is 4.55. The van der Waals surface area contributed by atoms with Crippen molar-refractivity contribution in [3.05, 3.63) is 29.3 Å². The highest BCUT2D eigenvalue weighted by Crippen LogP contribution is 2.35. The molecule has 1 N–H and O–H groups in total. The summed E-state index contributed by atoms with van der Waals surface area (Å²) >= 11 is 0. The number of hydrogen-bond donors (Lipinski definition) is 1. The molecule has 0 radical (unpaired) electrons. The summed E-state index contributed by atoms with van der Waals surface area (Å²) in [5.41, 5.74) is -1.28. The van der Waals surface area contributed by atoms with Gasteiger partial charge in [-0.25, -0.2) is 0 Å². The molecule has 0 saturated carbocycles. The van der Waals surface area contributed by atoms with E-state index in [1.54, 1.807) is 12.1 Å². The van der Waals surface area contributed by atoms with Crippen LogP contribution >= 0.6 is 0 Å². The molecule has 1 amide bonds. The average molecular weight is 367 g/mol. The SMILES string of the molecule is CC(C)(C)C(=O)NCC1CCCN(c2ccc(C#N)c(C(F)(F)F)c2)C1. The van der Waals surface area contributed by atoms with E-state index in [2.05, 4.69) is 5.32 Å². The number of amides is 1. The van der Waals surface area contributed by atoms with Crippen molar-refractivity contribution in [3.8, 4) is 6.07 Å². The maximum absolute atomic E-state index is 13.2. The van der Waals surface area contributed by atoms with Gasteiger partial charge in [-0.3, -0.25) is 4.79 Å². The molecule has 7 heteroatoms. The van der Waals surface area contributed by atoms with E-state index >= 15 is 0 Å². The molecule has 1 saturated heterocycles. The highest BCUT2D eigenvalue weighted by Gasteiger charge is 2.34. The monoisotopic (exact) mass is 367 g/mol. The second kappa shape index (κ2) is 7.56. The fourth-order valence-corrected chi connectivity index (χ4v) is 3.03. The topological polar surface area (TPSA) is 56.1 Å². The van der Waals surface area contributed by atoms with Crippen LogP contribution < -0.4 is 10.2 Å². The van der Waals surface area contributed by atoms with Crippen molar-refractivity contribution in [3.63, 3.8) is 0 Å². The average Bonchev–Trinajstić information content (AvgIpc) is 2.57. The van der Waals surface area contributed by atoms with Crippen molar-refractivity contribution < 1.29 is 18.0 Å². The minimum Gasteiger partial charge on any atom is -0.371 e. The van der Waals surface area contributed by atoms with Gasteiger partial charge in [0.25, 0.3) is 0 Å². The lowest BCUT2D eigenvalue weighted by atomic mass is 9.93. The highest BCUT2D eigenvalue weighted by atomic mass is 19.4. The maximum atomic E-state index is 13.2. The Labute approximate surface area is 152 Å². The van der Waals surface area contributed by atoms with Gasteiger partial charge >= 0.3 is 6.18 Å². The number of carbonyl (C=O) groups excluding carboxylic acids is 1. The van der Waals surface area contributed by atoms with Gasteiger partial charge in [0.2, 0.25) is 5.91 Å². The molecule has 1 aromatic carbocycles. The Kier molecular flexibility index (Phi) is 5.84. The molecule has 26 heavy (non-hydrogen) atoms. The molecule has 1 fully saturated rings. The van der Waals surface area contributed by atoms with E-state index < -0.39 is 17.2 Å². The van der Waals surface area contributed by atoms with Gasteiger partial charge in [0.1, 0.15) is 0 Å². The zero-order valence-corrected chi connectivity index (χ0v) is 15.3. The van der Waals surface area contributed by atoms with Crippen molar-refractivity contribution in [1.29, 1.82) is 5.26 Å². The number of piperidine rings is 1. The Bertz CT molecular complexity index is 701. The number of alkyl halides is 3. The van der Waals surface area contributed by atoms with Gasteiger partial charge in [0.15, 0.2) is 0 Å². The van der Waals surface area contributed by atoms with Gasteiger partial charge in [0.05, 0.1) is 17.2 Å². The van der Waals surface area contributed by atoms with Crippen LogP contribution in [0.3, 0.4) is 0 Å². The number of benzene rings is 1. The largest absolute Gasteiger partial charge is 0.417 e. The Morgan fingerprint density at radius 1 is 1.35 bits per heavy atom. The lowest BCUT2D eigenvalue weighted by Gasteiger charge is -2.35. The van der Waals surface area contributed by atoms with Gasteiger partial charge in [0, 0.05) is 30.7 Å². The molecule has 0 aromatic heterocycles. The van der Waals surface area contributed by atoms with E-state index in [0.717, 1.165) is 18.9 Å². The summed E-state index contributed by atoms with van der Waals surface area (Å²) in [4.78, 5) is 13.9. The number of nitriles is 1. The fourth-order valence-electron chi connectivity index (χ4n) is 3.03. The second-order valence-corrected chi connectivity index (χ2v) is 7.75. The predicted octanol–water partition coefficient (Wildman–Crippen LogP) is 3.96. The molecule has 4 nitrogen and oxygen atoms in total. The van der Waals surface area contributed by atoms with Gasteiger partial charge < -0.3 is 10.2 Å². The van der Waals surface area contributed by atoms with Crippen LogP contribution in [0.5, 0.6) is 0 Å². The normalized spacial score (nSPS) is 18.3. The summed E-state index contributed by atoms with van der Waals surface area (Å²) in [6.45, 7) is 7.26. The van der Waals surface area contributed by atoms with Crippen LogP contribution in [0.4, 0.5) is 18.9 Å². The van der Waals surface area contributed by atoms with E-state index in [0.29, 0.717) is 25.3 Å². The molecular formula is C19H24F3N3O. The third kappa shape index (κ3) is 4.90. The van der Waals surface area contributed by atoms with Crippen LogP contribution in [0.25, 0.3) is 0 Å². The van der Waals surface area contributed by atoms with Gasteiger partial charge in [-0.05, 0) is 37.0 Å². The standard InChI is InChI=1S/C19H24F3N3O/c1-18(2,3)17(26)24-11-13-5-4-8-25(12-13)15-7-6-14(10-23)16(9-15)19(20,21)22/h6-7,9,13H,4-5,8,11-12H2,1-3H3,(H,24,26). The summed E-state index contributed by atoms with van der Waals surface area (Å²) < 4.78 is 39.5. The molecule has 1 aliphatic rings. The molecule has 2 rings (SSSR count). The first-order chi connectivity index (χ1) is 12.0. The van der Waals surface area contributed by atoms with Gasteiger partial charge in [-0.1, -0.05) is 20.8 Å². The first kappa shape index (κ1) is 20.1. The quantitative estimate of drug-likeness (QED) is 0.880. The van der Waals surface area contributed by atoms with E-state index in [9.17, 15) is 18.0 Å². The molecule has 1 heterocycles. The third-order valence-corrected chi connectivity index (χ3v) is 4.55. The zero-order valence-electron chi connectivity index (χ0n) is 15.3. The summed E-state index contributed by atoms with van der Waals surface area (Å²) in [5, 5.41) is 11.8. The van der Waals surface area contributed by atoms with Gasteiger partial charge in [-0.2, -0.15) is 18.4 Å². The first-order valence-corrected chi connectivity index (χ1v) is 8.67. The molecule has 0 bridgehead atoms. The minimum atomic E-state index is -4.56. The molecule has 1 aliphatic heterocycles. The first-order valence-electron chi connectivity index (χ1n) is 8.67. The number of nitrogens with one attached hydrogen (secondary N) is 1. The Balaban J connectivity index is 2.10. The molecular weight excluding hydrogens is 343 g/mol. The van der Waals surface area contributed by atoms with Crippen LogP contribution in [-0.2, 0) is 11.0 Å². The fraction of sp³-hybridized carbons (Fsp3) is 0.579. The lowest BCUT2D eigenvalue weighted by molar-refractivity contribution is -0.137. The highest BCUT2D eigenvalue weighted by molar-refractivity contribution is 5.81. The van der Waals surface area contributed by atoms with E-state index in [1.807, 2.05) is 25.7 Å². The summed E-state index contributed by atoms with van der Waals surface area (Å²) in [6, 6.07) is 5.44. The van der Waals surface area contributed by atoms with Crippen LogP contribution in [0, 0.1) is 22.7 Å². The summed E-state index contributed by atoms with van der Waals surface area (Å²) in [7, 11) is 0. The van der Waals surface area contributed by atoms with Crippen LogP contribution in [0.2, 0.25) is 0 Å². The van der Waals surface area contributed by atoms with E-state index in [1.165, 1.54) is 6.07 Å². The molecule has 1 atom stereocenters. The molecule has 1 unspecified atom stereocenters. The zero-order chi connectivity index (χ0) is 19.5. The Morgan fingerprint density at radius 3 is 2.62 bits per heavy atom. The summed E-state index contributed by atoms with van der Waals surface area (Å²) in [5.74, 6) is 0.146. The Hall–Kier alpha value is -2.23. The Morgan fingerprint density at radius 2 is 2.04 bits per heavy atom. The summed E-state index contributed by atoms with van der Waals surface area (Å²) in [6.07, 6.45) is -2.79. The maximum Gasteiger partial charge on any atom is 0.417 e. The van der Waals surface area contributed by atoms with Crippen molar-refractivity contribution >= 4 is 11.6 Å². The molecule has 0 aliphatic carbocycles. The minimum absolute atomic E-state index is 0.0349. The van der Waals surface area contributed by atoms with E-state index in [-0.39, 0.29) is 17.4 Å². The number of hydrogen-bond acceptors (Lipinski definition) is 3. The molecule has 0 spiro atoms. The molecule has 1 aromatic rings. The van der Waals surface area contributed by atoms with E-state index in [4.69, 9.17) is 5.26 Å². The van der Waals surface area contributed by atoms with Crippen molar-refractivity contribution in [1.82, 2.24) is 5.32 Å². The molecule has 142 valence electrons. The second-order valence-electron chi connectivity index (χ2n) is 7.75. The van der Waals surface area contributed by atoms with Crippen molar-refractivity contribution in [2.45, 2.75) is 39.8 Å². The number of anilines is 1. The smallest absolute Gasteiger partial charge is 0.371 e. The van der Waals surface area contributed by atoms with Crippen molar-refractivity contribution in [2.75, 3.05) is 24.5 Å². The number of nitrogens with zero attached hydrogens (tertiary/aromatic N) is 2. The van der Waals surface area contributed by atoms with Gasteiger partial charge in [-0.15, -0.1) is 0 Å². The lowest BCUT2D eigenvalue weighted by Crippen LogP contribution is -2.43. The number of rotatable bonds is 3. The number of halogens is 3. The van der Waals surface area contributed by atoms with Crippen LogP contribution in [0.15, 0.2) is 18.2 Å². The van der Waals surface area contributed by atoms with Crippen LogP contribution in [0.1, 0.15) is 44.7 Å².